The number of rotatable bonds is 7. The quantitative estimate of drug-likeness (QED) is 0.490. The molecule has 3 heterocycles. The molecule has 1 saturated heterocycles. The highest BCUT2D eigenvalue weighted by atomic mass is 19.1. The van der Waals surface area contributed by atoms with Crippen molar-refractivity contribution in [1.29, 1.82) is 0 Å². The average Bonchev–Trinajstić information content (AvgIpc) is 3.18. The Morgan fingerprint density at radius 2 is 1.88 bits per heavy atom. The lowest BCUT2D eigenvalue weighted by molar-refractivity contribution is 0.0520. The van der Waals surface area contributed by atoms with E-state index in [1.807, 2.05) is 6.07 Å². The van der Waals surface area contributed by atoms with E-state index >= 15 is 0 Å². The maximum Gasteiger partial charge on any atom is 0.357 e. The number of carbonyl (C=O) groups excluding carboxylic acids is 1. The Hall–Kier alpha value is -3.04. The molecular formula is C25H30FN5O3. The van der Waals surface area contributed by atoms with Gasteiger partial charge >= 0.3 is 5.97 Å². The van der Waals surface area contributed by atoms with E-state index in [2.05, 4.69) is 9.80 Å². The van der Waals surface area contributed by atoms with Gasteiger partial charge in [0, 0.05) is 39.2 Å². The van der Waals surface area contributed by atoms with Crippen molar-refractivity contribution in [1.82, 2.24) is 19.7 Å². The summed E-state index contributed by atoms with van der Waals surface area (Å²) in [5.41, 5.74) is 3.53. The number of nitrogens with zero attached hydrogens (tertiary/aromatic N) is 5. The molecule has 1 aliphatic heterocycles. The molecule has 34 heavy (non-hydrogen) atoms. The lowest BCUT2D eigenvalue weighted by atomic mass is 9.82. The van der Waals surface area contributed by atoms with Gasteiger partial charge in [-0.25, -0.2) is 18.9 Å². The Morgan fingerprint density at radius 1 is 1.15 bits per heavy atom. The Balaban J connectivity index is 1.67. The number of anilines is 1. The fourth-order valence-corrected chi connectivity index (χ4v) is 4.71. The predicted octanol–water partition coefficient (Wildman–Crippen LogP) is 3.73. The number of ether oxygens (including phenoxy) is 2. The minimum Gasteiger partial charge on any atom is -0.461 e. The van der Waals surface area contributed by atoms with E-state index in [1.165, 1.54) is 18.6 Å². The second-order valence-electron chi connectivity index (χ2n) is 8.87. The van der Waals surface area contributed by atoms with Gasteiger partial charge in [-0.05, 0) is 50.1 Å². The number of carbonyl (C=O) groups is 1. The molecule has 2 aliphatic rings. The summed E-state index contributed by atoms with van der Waals surface area (Å²) >= 11 is 0. The fourth-order valence-electron chi connectivity index (χ4n) is 4.71. The van der Waals surface area contributed by atoms with Gasteiger partial charge in [0.15, 0.2) is 11.3 Å². The molecule has 0 bridgehead atoms. The first kappa shape index (κ1) is 22.7. The van der Waals surface area contributed by atoms with E-state index in [0.717, 1.165) is 55.8 Å². The van der Waals surface area contributed by atoms with Crippen LogP contribution in [0.15, 0.2) is 30.3 Å². The molecule has 0 amide bonds. The molecule has 0 N–H and O–H groups in total. The number of halogens is 1. The number of piperazine rings is 1. The van der Waals surface area contributed by atoms with Crippen LogP contribution in [0.5, 0.6) is 0 Å². The molecule has 1 saturated carbocycles. The number of pyridine rings is 1. The van der Waals surface area contributed by atoms with E-state index in [1.54, 1.807) is 30.8 Å². The molecule has 0 radical (unpaired) electrons. The van der Waals surface area contributed by atoms with Gasteiger partial charge in [0.25, 0.3) is 0 Å². The monoisotopic (exact) mass is 467 g/mol. The molecule has 180 valence electrons. The third-order valence-corrected chi connectivity index (χ3v) is 6.72. The largest absolute Gasteiger partial charge is 0.461 e. The van der Waals surface area contributed by atoms with Crippen LogP contribution in [-0.4, -0.2) is 72.3 Å². The number of fused-ring (bicyclic) bond motifs is 1. The normalized spacial score (nSPS) is 17.2. The van der Waals surface area contributed by atoms with Crippen LogP contribution in [0.3, 0.4) is 0 Å². The van der Waals surface area contributed by atoms with Crippen LogP contribution in [-0.2, 0) is 9.47 Å². The van der Waals surface area contributed by atoms with Gasteiger partial charge in [0.1, 0.15) is 5.82 Å². The molecule has 1 aliphatic carbocycles. The second kappa shape index (κ2) is 9.68. The van der Waals surface area contributed by atoms with E-state index in [-0.39, 0.29) is 18.1 Å². The first-order valence-electron chi connectivity index (χ1n) is 11.9. The molecule has 5 rings (SSSR count). The van der Waals surface area contributed by atoms with Crippen LogP contribution in [0.4, 0.5) is 10.1 Å². The molecule has 2 fully saturated rings. The van der Waals surface area contributed by atoms with Crippen molar-refractivity contribution in [2.45, 2.75) is 32.1 Å². The molecule has 1 aromatic carbocycles. The van der Waals surface area contributed by atoms with Crippen LogP contribution in [0.2, 0.25) is 0 Å². The third-order valence-electron chi connectivity index (χ3n) is 6.72. The Labute approximate surface area is 198 Å². The molecular weight excluding hydrogens is 437 g/mol. The lowest BCUT2D eigenvalue weighted by Crippen LogP contribution is -2.47. The van der Waals surface area contributed by atoms with Crippen LogP contribution < -0.4 is 4.90 Å². The number of methoxy groups -OCH3 is 1. The lowest BCUT2D eigenvalue weighted by Gasteiger charge is -2.36. The highest BCUT2D eigenvalue weighted by Gasteiger charge is 2.31. The Morgan fingerprint density at radius 3 is 2.50 bits per heavy atom. The van der Waals surface area contributed by atoms with Gasteiger partial charge in [-0.1, -0.05) is 6.42 Å². The van der Waals surface area contributed by atoms with Crippen LogP contribution in [0.25, 0.3) is 16.7 Å². The highest BCUT2D eigenvalue weighted by Crippen LogP contribution is 2.42. The summed E-state index contributed by atoms with van der Waals surface area (Å²) in [4.78, 5) is 22.0. The fraction of sp³-hybridized carbons (Fsp3) is 0.480. The molecule has 8 nitrogen and oxygen atoms in total. The SMILES string of the molecule is CCOC(=O)c1cc(N2CCN(COC)CC2)c2c(C3CCC3)nn(-c3ccc(F)cc3)c2n1. The molecule has 9 heteroatoms. The van der Waals surface area contributed by atoms with Gasteiger partial charge in [0.05, 0.1) is 35.8 Å². The van der Waals surface area contributed by atoms with Crippen LogP contribution in [0, 0.1) is 5.82 Å². The zero-order valence-electron chi connectivity index (χ0n) is 19.7. The van der Waals surface area contributed by atoms with Gasteiger partial charge < -0.3 is 14.4 Å². The van der Waals surface area contributed by atoms with Crippen molar-refractivity contribution in [2.24, 2.45) is 0 Å². The maximum absolute atomic E-state index is 13.6. The summed E-state index contributed by atoms with van der Waals surface area (Å²) in [6.45, 7) is 5.98. The minimum atomic E-state index is -0.458. The number of esters is 1. The van der Waals surface area contributed by atoms with E-state index < -0.39 is 5.97 Å². The predicted molar refractivity (Wildman–Crippen MR) is 127 cm³/mol. The summed E-state index contributed by atoms with van der Waals surface area (Å²) in [6, 6.07) is 8.06. The van der Waals surface area contributed by atoms with Gasteiger partial charge in [-0.15, -0.1) is 0 Å². The van der Waals surface area contributed by atoms with E-state index in [9.17, 15) is 9.18 Å². The van der Waals surface area contributed by atoms with Crippen molar-refractivity contribution < 1.29 is 18.7 Å². The van der Waals surface area contributed by atoms with Crippen molar-refractivity contribution in [3.05, 3.63) is 47.5 Å². The molecule has 3 aromatic rings. The Kier molecular flexibility index (Phi) is 6.47. The maximum atomic E-state index is 13.6. The van der Waals surface area contributed by atoms with E-state index in [0.29, 0.717) is 24.0 Å². The van der Waals surface area contributed by atoms with Gasteiger partial charge in [0.2, 0.25) is 0 Å². The number of aromatic nitrogens is 3. The smallest absolute Gasteiger partial charge is 0.357 e. The third kappa shape index (κ3) is 4.25. The van der Waals surface area contributed by atoms with Gasteiger partial charge in [-0.3, -0.25) is 4.90 Å². The van der Waals surface area contributed by atoms with Crippen molar-refractivity contribution in [3.63, 3.8) is 0 Å². The zero-order valence-corrected chi connectivity index (χ0v) is 19.7. The average molecular weight is 468 g/mol. The minimum absolute atomic E-state index is 0.257. The van der Waals surface area contributed by atoms with Crippen molar-refractivity contribution in [2.75, 3.05) is 51.5 Å². The standard InChI is InChI=1S/C25H30FN5O3/c1-3-34-25(32)20-15-21(30-13-11-29(12-14-30)16-33-2)22-23(17-5-4-6-17)28-31(24(22)27-20)19-9-7-18(26)8-10-19/h7-10,15,17H,3-6,11-14,16H2,1-2H3. The van der Waals surface area contributed by atoms with Crippen LogP contribution >= 0.6 is 0 Å². The van der Waals surface area contributed by atoms with E-state index in [4.69, 9.17) is 19.6 Å². The molecule has 2 aromatic heterocycles. The highest BCUT2D eigenvalue weighted by molar-refractivity contribution is 5.99. The molecule has 0 spiro atoms. The number of hydrogen-bond acceptors (Lipinski definition) is 7. The zero-order chi connectivity index (χ0) is 23.7. The summed E-state index contributed by atoms with van der Waals surface area (Å²) in [5.74, 6) is -0.414. The Bertz CT molecular complexity index is 1170. The van der Waals surface area contributed by atoms with Crippen LogP contribution in [0.1, 0.15) is 48.3 Å². The molecule has 0 atom stereocenters. The summed E-state index contributed by atoms with van der Waals surface area (Å²) in [5, 5.41) is 5.95. The topological polar surface area (TPSA) is 72.7 Å². The first-order valence-corrected chi connectivity index (χ1v) is 11.9. The first-order chi connectivity index (χ1) is 16.6. The van der Waals surface area contributed by atoms with Crippen molar-refractivity contribution >= 4 is 22.7 Å². The second-order valence-corrected chi connectivity index (χ2v) is 8.87. The summed E-state index contributed by atoms with van der Waals surface area (Å²) in [6.07, 6.45) is 3.33. The summed E-state index contributed by atoms with van der Waals surface area (Å²) in [7, 11) is 1.71. The van der Waals surface area contributed by atoms with Crippen molar-refractivity contribution in [3.8, 4) is 5.69 Å². The number of hydrogen-bond donors (Lipinski definition) is 0. The molecule has 0 unspecified atom stereocenters. The van der Waals surface area contributed by atoms with Gasteiger partial charge in [-0.2, -0.15) is 5.10 Å². The summed E-state index contributed by atoms with van der Waals surface area (Å²) < 4.78 is 26.0. The number of benzene rings is 1.